The second-order valence-corrected chi connectivity index (χ2v) is 4.72. The molecule has 0 radical (unpaired) electrons. The first-order valence-corrected chi connectivity index (χ1v) is 6.72. The SMILES string of the molecule is CC1Oc2ccc(CCNCCCN)cc2NC1=O. The van der Waals surface area contributed by atoms with E-state index in [1.54, 1.807) is 6.92 Å². The number of amides is 1. The van der Waals surface area contributed by atoms with E-state index in [2.05, 4.69) is 10.6 Å². The van der Waals surface area contributed by atoms with Crippen molar-refractivity contribution in [1.29, 1.82) is 0 Å². The minimum Gasteiger partial charge on any atom is -0.479 e. The molecule has 0 fully saturated rings. The third-order valence-electron chi connectivity index (χ3n) is 3.12. The van der Waals surface area contributed by atoms with Gasteiger partial charge in [0, 0.05) is 0 Å². The minimum atomic E-state index is -0.420. The fourth-order valence-electron chi connectivity index (χ4n) is 2.00. The molecule has 1 atom stereocenters. The molecule has 1 aliphatic rings. The highest BCUT2D eigenvalue weighted by Gasteiger charge is 2.23. The summed E-state index contributed by atoms with van der Waals surface area (Å²) < 4.78 is 5.52. The van der Waals surface area contributed by atoms with Gasteiger partial charge in [-0.3, -0.25) is 4.79 Å². The van der Waals surface area contributed by atoms with E-state index in [4.69, 9.17) is 10.5 Å². The minimum absolute atomic E-state index is 0.0919. The van der Waals surface area contributed by atoms with Crippen LogP contribution in [-0.4, -0.2) is 31.6 Å². The average molecular weight is 263 g/mol. The second kappa shape index (κ2) is 6.54. The molecular formula is C14H21N3O2. The Morgan fingerprint density at radius 3 is 3.05 bits per heavy atom. The van der Waals surface area contributed by atoms with Crippen LogP contribution in [0.4, 0.5) is 5.69 Å². The number of hydrogen-bond donors (Lipinski definition) is 3. The molecule has 0 saturated carbocycles. The Kier molecular flexibility index (Phi) is 4.76. The van der Waals surface area contributed by atoms with Crippen LogP contribution in [-0.2, 0) is 11.2 Å². The summed E-state index contributed by atoms with van der Waals surface area (Å²) in [6, 6.07) is 5.93. The Bertz CT molecular complexity index is 448. The molecule has 0 bridgehead atoms. The zero-order chi connectivity index (χ0) is 13.7. The highest BCUT2D eigenvalue weighted by atomic mass is 16.5. The van der Waals surface area contributed by atoms with Crippen molar-refractivity contribution in [1.82, 2.24) is 5.32 Å². The fourth-order valence-corrected chi connectivity index (χ4v) is 2.00. The smallest absolute Gasteiger partial charge is 0.265 e. The number of ether oxygens (including phenoxy) is 1. The molecule has 2 rings (SSSR count). The van der Waals surface area contributed by atoms with Gasteiger partial charge >= 0.3 is 0 Å². The molecule has 0 aliphatic carbocycles. The molecule has 1 unspecified atom stereocenters. The number of hydrogen-bond acceptors (Lipinski definition) is 4. The number of carbonyl (C=O) groups is 1. The van der Waals surface area contributed by atoms with Gasteiger partial charge in [-0.05, 0) is 57.1 Å². The molecule has 5 heteroatoms. The molecule has 1 heterocycles. The van der Waals surface area contributed by atoms with Gasteiger partial charge in [-0.1, -0.05) is 6.07 Å². The van der Waals surface area contributed by atoms with E-state index in [1.165, 1.54) is 5.56 Å². The third-order valence-corrected chi connectivity index (χ3v) is 3.12. The van der Waals surface area contributed by atoms with E-state index in [0.29, 0.717) is 6.54 Å². The highest BCUT2D eigenvalue weighted by Crippen LogP contribution is 2.30. The third kappa shape index (κ3) is 3.68. The Balaban J connectivity index is 1.90. The summed E-state index contributed by atoms with van der Waals surface area (Å²) in [6.45, 7) is 4.31. The molecule has 1 amide bonds. The maximum atomic E-state index is 11.5. The predicted molar refractivity (Wildman–Crippen MR) is 75.4 cm³/mol. The standard InChI is InChI=1S/C14H21N3O2/c1-10-14(18)17-12-9-11(3-4-13(12)19-10)5-8-16-7-2-6-15/h3-4,9-10,16H,2,5-8,15H2,1H3,(H,17,18). The van der Waals surface area contributed by atoms with E-state index >= 15 is 0 Å². The molecule has 0 saturated heterocycles. The van der Waals surface area contributed by atoms with Crippen LogP contribution in [0.3, 0.4) is 0 Å². The van der Waals surface area contributed by atoms with Crippen LogP contribution in [0.2, 0.25) is 0 Å². The lowest BCUT2D eigenvalue weighted by Crippen LogP contribution is -2.34. The van der Waals surface area contributed by atoms with Crippen molar-refractivity contribution >= 4 is 11.6 Å². The largest absolute Gasteiger partial charge is 0.479 e. The van der Waals surface area contributed by atoms with Crippen molar-refractivity contribution in [3.05, 3.63) is 23.8 Å². The molecule has 4 N–H and O–H groups in total. The summed E-state index contributed by atoms with van der Waals surface area (Å²) in [5.74, 6) is 0.651. The number of nitrogens with two attached hydrogens (primary N) is 1. The molecule has 0 aromatic heterocycles. The summed E-state index contributed by atoms with van der Waals surface area (Å²) in [7, 11) is 0. The molecule has 1 aliphatic heterocycles. The highest BCUT2D eigenvalue weighted by molar-refractivity contribution is 5.97. The summed E-state index contributed by atoms with van der Waals surface area (Å²) in [4.78, 5) is 11.5. The lowest BCUT2D eigenvalue weighted by atomic mass is 10.1. The number of carbonyl (C=O) groups excluding carboxylic acids is 1. The van der Waals surface area contributed by atoms with E-state index < -0.39 is 6.10 Å². The van der Waals surface area contributed by atoms with Crippen LogP contribution >= 0.6 is 0 Å². The fraction of sp³-hybridized carbons (Fsp3) is 0.500. The Morgan fingerprint density at radius 2 is 2.26 bits per heavy atom. The van der Waals surface area contributed by atoms with Gasteiger partial charge in [-0.25, -0.2) is 0 Å². The number of rotatable bonds is 6. The maximum absolute atomic E-state index is 11.5. The first-order valence-electron chi connectivity index (χ1n) is 6.72. The van der Waals surface area contributed by atoms with E-state index in [0.717, 1.165) is 37.4 Å². The van der Waals surface area contributed by atoms with Crippen LogP contribution < -0.4 is 21.1 Å². The monoisotopic (exact) mass is 263 g/mol. The van der Waals surface area contributed by atoms with Gasteiger partial charge in [0.1, 0.15) is 5.75 Å². The Hall–Kier alpha value is -1.59. The summed E-state index contributed by atoms with van der Waals surface area (Å²) in [5, 5.41) is 6.19. The lowest BCUT2D eigenvalue weighted by Gasteiger charge is -2.23. The van der Waals surface area contributed by atoms with Crippen LogP contribution in [0.15, 0.2) is 18.2 Å². The zero-order valence-electron chi connectivity index (χ0n) is 11.2. The van der Waals surface area contributed by atoms with E-state index in [9.17, 15) is 4.79 Å². The summed E-state index contributed by atoms with van der Waals surface area (Å²) in [5.41, 5.74) is 7.37. The maximum Gasteiger partial charge on any atom is 0.265 e. The number of benzene rings is 1. The predicted octanol–water partition coefficient (Wildman–Crippen LogP) is 0.887. The number of anilines is 1. The molecular weight excluding hydrogens is 242 g/mol. The molecule has 0 spiro atoms. The van der Waals surface area contributed by atoms with Crippen molar-refractivity contribution < 1.29 is 9.53 Å². The van der Waals surface area contributed by atoms with Gasteiger partial charge in [0.05, 0.1) is 5.69 Å². The van der Waals surface area contributed by atoms with Crippen molar-refractivity contribution in [3.8, 4) is 5.75 Å². The van der Waals surface area contributed by atoms with Crippen LogP contribution in [0.25, 0.3) is 0 Å². The molecule has 104 valence electrons. The van der Waals surface area contributed by atoms with Crippen LogP contribution in [0.5, 0.6) is 5.75 Å². The van der Waals surface area contributed by atoms with Gasteiger partial charge in [0.2, 0.25) is 0 Å². The summed E-state index contributed by atoms with van der Waals surface area (Å²) >= 11 is 0. The normalized spacial score (nSPS) is 17.6. The van der Waals surface area contributed by atoms with Gasteiger partial charge < -0.3 is 21.1 Å². The van der Waals surface area contributed by atoms with Crippen molar-refractivity contribution in [3.63, 3.8) is 0 Å². The summed E-state index contributed by atoms with van der Waals surface area (Å²) in [6.07, 6.45) is 1.49. The van der Waals surface area contributed by atoms with E-state index in [1.807, 2.05) is 18.2 Å². The number of fused-ring (bicyclic) bond motifs is 1. The second-order valence-electron chi connectivity index (χ2n) is 4.72. The average Bonchev–Trinajstić information content (AvgIpc) is 2.40. The lowest BCUT2D eigenvalue weighted by molar-refractivity contribution is -0.122. The first kappa shape index (κ1) is 13.8. The topological polar surface area (TPSA) is 76.4 Å². The van der Waals surface area contributed by atoms with Crippen LogP contribution in [0, 0.1) is 0 Å². The molecule has 5 nitrogen and oxygen atoms in total. The van der Waals surface area contributed by atoms with Crippen molar-refractivity contribution in [2.75, 3.05) is 25.0 Å². The van der Waals surface area contributed by atoms with E-state index in [-0.39, 0.29) is 5.91 Å². The zero-order valence-corrected chi connectivity index (χ0v) is 11.2. The Morgan fingerprint density at radius 1 is 1.42 bits per heavy atom. The van der Waals surface area contributed by atoms with Crippen molar-refractivity contribution in [2.45, 2.75) is 25.9 Å². The molecule has 1 aromatic rings. The first-order chi connectivity index (χ1) is 9.20. The van der Waals surface area contributed by atoms with Crippen molar-refractivity contribution in [2.24, 2.45) is 5.73 Å². The van der Waals surface area contributed by atoms with Gasteiger partial charge in [0.25, 0.3) is 5.91 Å². The molecule has 19 heavy (non-hydrogen) atoms. The number of nitrogens with one attached hydrogen (secondary N) is 2. The van der Waals surface area contributed by atoms with Crippen LogP contribution in [0.1, 0.15) is 18.9 Å². The quantitative estimate of drug-likeness (QED) is 0.666. The van der Waals surface area contributed by atoms with Gasteiger partial charge in [-0.15, -0.1) is 0 Å². The van der Waals surface area contributed by atoms with Gasteiger partial charge in [-0.2, -0.15) is 0 Å². The Labute approximate surface area is 113 Å². The van der Waals surface area contributed by atoms with Gasteiger partial charge in [0.15, 0.2) is 6.10 Å². The molecule has 1 aromatic carbocycles.